The van der Waals surface area contributed by atoms with Crippen LogP contribution in [0, 0.1) is 0 Å². The van der Waals surface area contributed by atoms with Gasteiger partial charge in [0.2, 0.25) is 5.91 Å². The second-order valence-electron chi connectivity index (χ2n) is 3.51. The quantitative estimate of drug-likeness (QED) is 0.752. The molecular formula is C11H14F2N2O3S. The van der Waals surface area contributed by atoms with E-state index in [1.165, 1.54) is 18.4 Å². The average Bonchev–Trinajstić information content (AvgIpc) is 2.81. The third-order valence-corrected chi connectivity index (χ3v) is 2.94. The second kappa shape index (κ2) is 7.80. The molecule has 0 saturated heterocycles. The highest BCUT2D eigenvalue weighted by atomic mass is 32.1. The van der Waals surface area contributed by atoms with Crippen LogP contribution in [0.3, 0.4) is 0 Å². The number of rotatable bonds is 7. The van der Waals surface area contributed by atoms with Crippen molar-refractivity contribution in [1.29, 1.82) is 0 Å². The monoisotopic (exact) mass is 292 g/mol. The van der Waals surface area contributed by atoms with Gasteiger partial charge in [-0.15, -0.1) is 11.3 Å². The van der Waals surface area contributed by atoms with Gasteiger partial charge in [-0.2, -0.15) is 0 Å². The van der Waals surface area contributed by atoms with E-state index in [0.29, 0.717) is 10.6 Å². The number of thiophene rings is 1. The summed E-state index contributed by atoms with van der Waals surface area (Å²) in [7, 11) is 1.49. The molecule has 1 aromatic heterocycles. The van der Waals surface area contributed by atoms with Gasteiger partial charge in [-0.3, -0.25) is 9.59 Å². The number of anilines is 1. The van der Waals surface area contributed by atoms with Gasteiger partial charge in [0.05, 0.1) is 18.6 Å². The number of ether oxygens (including phenoxy) is 1. The zero-order valence-corrected chi connectivity index (χ0v) is 11.1. The van der Waals surface area contributed by atoms with Gasteiger partial charge in [-0.05, 0) is 11.4 Å². The highest BCUT2D eigenvalue weighted by molar-refractivity contribution is 7.14. The maximum atomic E-state index is 11.8. The van der Waals surface area contributed by atoms with Crippen molar-refractivity contribution in [2.75, 3.05) is 25.6 Å². The van der Waals surface area contributed by atoms with Crippen molar-refractivity contribution in [3.8, 4) is 0 Å². The van der Waals surface area contributed by atoms with E-state index in [2.05, 4.69) is 15.4 Å². The van der Waals surface area contributed by atoms with E-state index in [-0.39, 0.29) is 24.8 Å². The predicted molar refractivity (Wildman–Crippen MR) is 67.8 cm³/mol. The van der Waals surface area contributed by atoms with Crippen LogP contribution in [0.5, 0.6) is 0 Å². The Morgan fingerprint density at radius 3 is 2.84 bits per heavy atom. The highest BCUT2D eigenvalue weighted by Gasteiger charge is 2.13. The van der Waals surface area contributed by atoms with E-state index in [1.54, 1.807) is 11.4 Å². The predicted octanol–water partition coefficient (Wildman–Crippen LogP) is 1.72. The van der Waals surface area contributed by atoms with Crippen LogP contribution in [0.2, 0.25) is 0 Å². The molecule has 8 heteroatoms. The summed E-state index contributed by atoms with van der Waals surface area (Å²) < 4.78 is 28.2. The summed E-state index contributed by atoms with van der Waals surface area (Å²) in [5, 5.41) is 7.10. The summed E-state index contributed by atoms with van der Waals surface area (Å²) in [6.45, 7) is -0.771. The molecule has 2 amide bonds. The van der Waals surface area contributed by atoms with E-state index in [0.717, 1.165) is 0 Å². The Balaban J connectivity index is 2.40. The first-order valence-corrected chi connectivity index (χ1v) is 6.38. The van der Waals surface area contributed by atoms with Crippen LogP contribution in [0.4, 0.5) is 13.8 Å². The lowest BCUT2D eigenvalue weighted by Crippen LogP contribution is -2.20. The summed E-state index contributed by atoms with van der Waals surface area (Å²) in [5.41, 5.74) is 0.370. The van der Waals surface area contributed by atoms with Crippen molar-refractivity contribution in [3.05, 3.63) is 17.0 Å². The van der Waals surface area contributed by atoms with Crippen molar-refractivity contribution in [3.63, 3.8) is 0 Å². The number of carbonyl (C=O) groups is 2. The molecule has 1 rings (SSSR count). The first-order chi connectivity index (χ1) is 9.04. The Morgan fingerprint density at radius 2 is 2.21 bits per heavy atom. The molecule has 0 saturated carbocycles. The molecule has 0 unspecified atom stereocenters. The number of nitrogens with one attached hydrogen (secondary N) is 2. The maximum absolute atomic E-state index is 11.8. The molecular weight excluding hydrogens is 278 g/mol. The average molecular weight is 292 g/mol. The van der Waals surface area contributed by atoms with Crippen LogP contribution in [0.15, 0.2) is 11.4 Å². The Bertz CT molecular complexity index is 437. The number of hydrogen-bond acceptors (Lipinski definition) is 4. The van der Waals surface area contributed by atoms with Gasteiger partial charge in [0.15, 0.2) is 0 Å². The Labute approximate surface area is 112 Å². The van der Waals surface area contributed by atoms with Crippen molar-refractivity contribution in [1.82, 2.24) is 5.32 Å². The molecule has 0 radical (unpaired) electrons. The topological polar surface area (TPSA) is 67.4 Å². The summed E-state index contributed by atoms with van der Waals surface area (Å²) in [6.07, 6.45) is -2.59. The minimum absolute atomic E-state index is 0.0438. The third-order valence-electron chi connectivity index (χ3n) is 2.11. The van der Waals surface area contributed by atoms with Gasteiger partial charge in [0.1, 0.15) is 11.6 Å². The molecule has 0 spiro atoms. The summed E-state index contributed by atoms with van der Waals surface area (Å²) in [4.78, 5) is 23.0. The normalized spacial score (nSPS) is 10.5. The van der Waals surface area contributed by atoms with E-state index in [1.807, 2.05) is 0 Å². The summed E-state index contributed by atoms with van der Waals surface area (Å²) >= 11 is 1.21. The van der Waals surface area contributed by atoms with Gasteiger partial charge in [0.25, 0.3) is 12.3 Å². The lowest BCUT2D eigenvalue weighted by molar-refractivity contribution is -0.117. The molecule has 5 nitrogen and oxygen atoms in total. The number of carbonyl (C=O) groups excluding carboxylic acids is 2. The van der Waals surface area contributed by atoms with Crippen molar-refractivity contribution >= 4 is 28.2 Å². The van der Waals surface area contributed by atoms with Crippen molar-refractivity contribution < 1.29 is 23.1 Å². The van der Waals surface area contributed by atoms with Gasteiger partial charge >= 0.3 is 0 Å². The fourth-order valence-electron chi connectivity index (χ4n) is 1.25. The zero-order valence-electron chi connectivity index (χ0n) is 10.2. The maximum Gasteiger partial charge on any atom is 0.261 e. The molecule has 0 aliphatic heterocycles. The van der Waals surface area contributed by atoms with Crippen LogP contribution < -0.4 is 10.6 Å². The van der Waals surface area contributed by atoms with E-state index in [4.69, 9.17) is 0 Å². The smallest absolute Gasteiger partial charge is 0.261 e. The number of hydrogen-bond donors (Lipinski definition) is 2. The largest absolute Gasteiger partial charge is 0.375 e. The van der Waals surface area contributed by atoms with E-state index < -0.39 is 13.0 Å². The number of amides is 2. The molecule has 2 N–H and O–H groups in total. The molecule has 1 heterocycles. The fourth-order valence-corrected chi connectivity index (χ4v) is 2.05. The standard InChI is InChI=1S/C11H14F2N2O3S/c1-14-10(17)7-3-5-19-11(7)15-9(16)2-4-18-6-8(12)13/h3,5,8H,2,4,6H2,1H3,(H,14,17)(H,15,16). The number of halogens is 2. The van der Waals surface area contributed by atoms with Crippen molar-refractivity contribution in [2.24, 2.45) is 0 Å². The van der Waals surface area contributed by atoms with Gasteiger partial charge in [-0.1, -0.05) is 0 Å². The Hall–Kier alpha value is -1.54. The highest BCUT2D eigenvalue weighted by Crippen LogP contribution is 2.23. The van der Waals surface area contributed by atoms with Crippen molar-refractivity contribution in [2.45, 2.75) is 12.8 Å². The van der Waals surface area contributed by atoms with Crippen LogP contribution >= 0.6 is 11.3 Å². The molecule has 0 aromatic carbocycles. The summed E-state index contributed by atoms with van der Waals surface area (Å²) in [6, 6.07) is 1.59. The fraction of sp³-hybridized carbons (Fsp3) is 0.455. The lowest BCUT2D eigenvalue weighted by atomic mass is 10.3. The van der Waals surface area contributed by atoms with Crippen LogP contribution in [0.25, 0.3) is 0 Å². The van der Waals surface area contributed by atoms with Gasteiger partial charge in [0, 0.05) is 7.05 Å². The van der Waals surface area contributed by atoms with Crippen LogP contribution in [0.1, 0.15) is 16.8 Å². The molecule has 1 aromatic rings. The molecule has 0 fully saturated rings. The Kier molecular flexibility index (Phi) is 6.37. The van der Waals surface area contributed by atoms with E-state index in [9.17, 15) is 18.4 Å². The zero-order chi connectivity index (χ0) is 14.3. The lowest BCUT2D eigenvalue weighted by Gasteiger charge is -2.06. The first-order valence-electron chi connectivity index (χ1n) is 5.50. The van der Waals surface area contributed by atoms with Gasteiger partial charge in [-0.25, -0.2) is 8.78 Å². The molecule has 19 heavy (non-hydrogen) atoms. The third kappa shape index (κ3) is 5.31. The number of alkyl halides is 2. The minimum atomic E-state index is -2.54. The van der Waals surface area contributed by atoms with Crippen LogP contribution in [-0.2, 0) is 9.53 Å². The molecule has 0 aliphatic rings. The molecule has 106 valence electrons. The second-order valence-corrected chi connectivity index (χ2v) is 4.42. The Morgan fingerprint density at radius 1 is 1.47 bits per heavy atom. The van der Waals surface area contributed by atoms with E-state index >= 15 is 0 Å². The van der Waals surface area contributed by atoms with Gasteiger partial charge < -0.3 is 15.4 Å². The molecule has 0 bridgehead atoms. The molecule has 0 aliphatic carbocycles. The SMILES string of the molecule is CNC(=O)c1ccsc1NC(=O)CCOCC(F)F. The van der Waals surface area contributed by atoms with Crippen LogP contribution in [-0.4, -0.2) is 38.5 Å². The first kappa shape index (κ1) is 15.5. The summed E-state index contributed by atoms with van der Waals surface area (Å²) in [5.74, 6) is -0.688. The minimum Gasteiger partial charge on any atom is -0.375 e. The molecule has 0 atom stereocenters.